The molecule has 0 radical (unpaired) electrons. The first-order valence-electron chi connectivity index (χ1n) is 15.6. The Morgan fingerprint density at radius 3 is 1.70 bits per heavy atom. The fourth-order valence-electron chi connectivity index (χ4n) is 6.55. The van der Waals surface area contributed by atoms with Crippen LogP contribution in [0, 0.1) is 0 Å². The largest absolute Gasteiger partial charge is 0.336 e. The van der Waals surface area contributed by atoms with Crippen LogP contribution in [0.3, 0.4) is 0 Å². The molecule has 0 aliphatic carbocycles. The SMILES string of the molecule is Cn1ccccncc2c3ccccc3c(-c3ccc(-c4ccc(-c5nc6c(nc7ccccn76)c6ccccc56)cc4)cc3)nc21. The molecule has 4 aromatic carbocycles. The zero-order valence-electron chi connectivity index (χ0n) is 25.6. The Morgan fingerprint density at radius 1 is 0.447 bits per heavy atom. The average molecular weight is 605 g/mol. The summed E-state index contributed by atoms with van der Waals surface area (Å²) in [5, 5.41) is 5.42. The quantitative estimate of drug-likeness (QED) is 0.201. The van der Waals surface area contributed by atoms with Gasteiger partial charge >= 0.3 is 0 Å². The second kappa shape index (κ2) is 10.9. The van der Waals surface area contributed by atoms with Gasteiger partial charge in [0.2, 0.25) is 0 Å². The Morgan fingerprint density at radius 2 is 1.00 bits per heavy atom. The van der Waals surface area contributed by atoms with Crippen molar-refractivity contribution < 1.29 is 0 Å². The van der Waals surface area contributed by atoms with Crippen LogP contribution in [-0.2, 0) is 7.05 Å². The molecule has 47 heavy (non-hydrogen) atoms. The maximum atomic E-state index is 5.19. The smallest absolute Gasteiger partial charge is 0.165 e. The Labute approximate surface area is 270 Å². The molecule has 9 rings (SSSR count). The number of benzene rings is 4. The lowest BCUT2D eigenvalue weighted by atomic mass is 9.97. The van der Waals surface area contributed by atoms with Crippen molar-refractivity contribution in [3.63, 3.8) is 0 Å². The molecule has 0 aliphatic rings. The highest BCUT2D eigenvalue weighted by molar-refractivity contribution is 6.10. The molecule has 0 N–H and O–H groups in total. The molecule has 6 heteroatoms. The molecule has 6 nitrogen and oxygen atoms in total. The van der Waals surface area contributed by atoms with E-state index in [9.17, 15) is 0 Å². The first-order valence-corrected chi connectivity index (χ1v) is 15.6. The van der Waals surface area contributed by atoms with E-state index in [1.54, 1.807) is 6.20 Å². The van der Waals surface area contributed by atoms with Gasteiger partial charge in [-0.1, -0.05) is 103 Å². The van der Waals surface area contributed by atoms with Crippen LogP contribution in [0.4, 0.5) is 0 Å². The average Bonchev–Trinajstić information content (AvgIpc) is 3.54. The Hall–Kier alpha value is -6.40. The van der Waals surface area contributed by atoms with E-state index in [1.165, 1.54) is 0 Å². The van der Waals surface area contributed by atoms with Crippen molar-refractivity contribution in [1.29, 1.82) is 0 Å². The molecule has 0 atom stereocenters. The van der Waals surface area contributed by atoms with E-state index >= 15 is 0 Å². The van der Waals surface area contributed by atoms with E-state index in [0.29, 0.717) is 0 Å². The highest BCUT2D eigenvalue weighted by Crippen LogP contribution is 2.35. The fraction of sp³-hybridized carbons (Fsp3) is 0.0244. The standard InChI is InChI=1S/C41H28N6/c1-46-24-9-7-23-42-26-35-31-10-2-3-11-32(31)37(44-40(35)46)29-19-15-27(16-20-29)28-17-21-30(22-18-28)38-33-12-4-5-13-34(33)39-41(45-38)47-25-8-6-14-36(47)43-39/h2-26H,1H3. The summed E-state index contributed by atoms with van der Waals surface area (Å²) in [5.41, 5.74) is 9.86. The van der Waals surface area contributed by atoms with Gasteiger partial charge in [0.25, 0.3) is 0 Å². The number of aromatic nitrogens is 6. The summed E-state index contributed by atoms with van der Waals surface area (Å²) in [7, 11) is 2.02. The monoisotopic (exact) mass is 604 g/mol. The molecule has 0 unspecified atom stereocenters. The highest BCUT2D eigenvalue weighted by Gasteiger charge is 2.15. The van der Waals surface area contributed by atoms with Crippen LogP contribution in [-0.4, -0.2) is 28.9 Å². The van der Waals surface area contributed by atoms with Crippen molar-refractivity contribution in [2.75, 3.05) is 0 Å². The summed E-state index contributed by atoms with van der Waals surface area (Å²) in [6, 6.07) is 44.1. The normalized spacial score (nSPS) is 11.5. The van der Waals surface area contributed by atoms with Gasteiger partial charge in [-0.05, 0) is 40.8 Å². The van der Waals surface area contributed by atoms with Crippen LogP contribution in [0.5, 0.6) is 0 Å². The highest BCUT2D eigenvalue weighted by atomic mass is 15.1. The molecule has 5 heterocycles. The topological polar surface area (TPSA) is 60.9 Å². The number of nitrogens with zero attached hydrogens (tertiary/aromatic N) is 6. The summed E-state index contributed by atoms with van der Waals surface area (Å²) >= 11 is 0. The molecule has 0 saturated carbocycles. The zero-order valence-corrected chi connectivity index (χ0v) is 25.6. The van der Waals surface area contributed by atoms with E-state index in [4.69, 9.17) is 15.0 Å². The van der Waals surface area contributed by atoms with Crippen LogP contribution >= 0.6 is 0 Å². The molecular formula is C41H28N6. The molecule has 0 saturated heterocycles. The number of hydrogen-bond acceptors (Lipinski definition) is 4. The van der Waals surface area contributed by atoms with Gasteiger partial charge in [0, 0.05) is 64.5 Å². The van der Waals surface area contributed by atoms with Crippen molar-refractivity contribution in [2.24, 2.45) is 7.05 Å². The lowest BCUT2D eigenvalue weighted by Crippen LogP contribution is -1.96. The minimum absolute atomic E-state index is 0.866. The van der Waals surface area contributed by atoms with Gasteiger partial charge in [-0.2, -0.15) is 0 Å². The molecule has 5 aromatic heterocycles. The first kappa shape index (κ1) is 27.0. The van der Waals surface area contributed by atoms with E-state index in [0.717, 1.165) is 83.0 Å². The molecular weight excluding hydrogens is 576 g/mol. The first-order chi connectivity index (χ1) is 23.2. The maximum Gasteiger partial charge on any atom is 0.165 e. The third-order valence-corrected chi connectivity index (χ3v) is 8.87. The van der Waals surface area contributed by atoms with Crippen molar-refractivity contribution in [3.8, 4) is 33.6 Å². The predicted octanol–water partition coefficient (Wildman–Crippen LogP) is 9.60. The molecule has 0 bridgehead atoms. The van der Waals surface area contributed by atoms with Crippen molar-refractivity contribution in [3.05, 3.63) is 152 Å². The minimum atomic E-state index is 0.866. The lowest BCUT2D eigenvalue weighted by molar-refractivity contribution is 0.938. The van der Waals surface area contributed by atoms with E-state index < -0.39 is 0 Å². The number of rotatable bonds is 3. The van der Waals surface area contributed by atoms with Crippen LogP contribution in [0.15, 0.2) is 152 Å². The summed E-state index contributed by atoms with van der Waals surface area (Å²) in [6.07, 6.45) is 7.73. The van der Waals surface area contributed by atoms with Gasteiger partial charge in [0.1, 0.15) is 16.8 Å². The van der Waals surface area contributed by atoms with Gasteiger partial charge in [0.05, 0.1) is 11.4 Å². The molecule has 9 aromatic rings. The summed E-state index contributed by atoms with van der Waals surface area (Å²) < 4.78 is 4.11. The predicted molar refractivity (Wildman–Crippen MR) is 192 cm³/mol. The number of imidazole rings is 1. The Balaban J connectivity index is 1.12. The number of hydrogen-bond donors (Lipinski definition) is 0. The Bertz CT molecular complexity index is 2680. The number of aryl methyl sites for hydroxylation is 1. The van der Waals surface area contributed by atoms with E-state index in [-0.39, 0.29) is 0 Å². The second-order valence-corrected chi connectivity index (χ2v) is 11.7. The molecule has 0 amide bonds. The van der Waals surface area contributed by atoms with Gasteiger partial charge in [-0.3, -0.25) is 9.38 Å². The summed E-state index contributed by atoms with van der Waals surface area (Å²) in [6.45, 7) is 0. The Kier molecular flexibility index (Phi) is 6.25. The molecule has 0 aliphatic heterocycles. The van der Waals surface area contributed by atoms with Crippen molar-refractivity contribution >= 4 is 49.4 Å². The maximum absolute atomic E-state index is 5.19. The van der Waals surface area contributed by atoms with Gasteiger partial charge in [0.15, 0.2) is 5.65 Å². The van der Waals surface area contributed by atoms with Crippen LogP contribution in [0.25, 0.3) is 83.0 Å². The summed E-state index contributed by atoms with van der Waals surface area (Å²) in [5.74, 6) is 0. The number of fused-ring (bicyclic) bond motifs is 8. The summed E-state index contributed by atoms with van der Waals surface area (Å²) in [4.78, 5) is 19.7. The van der Waals surface area contributed by atoms with Gasteiger partial charge in [-0.25, -0.2) is 15.0 Å². The fourth-order valence-corrected chi connectivity index (χ4v) is 6.55. The molecule has 222 valence electrons. The van der Waals surface area contributed by atoms with E-state index in [1.807, 2.05) is 60.5 Å². The second-order valence-electron chi connectivity index (χ2n) is 11.7. The van der Waals surface area contributed by atoms with Crippen LogP contribution in [0.2, 0.25) is 0 Å². The van der Waals surface area contributed by atoms with Crippen molar-refractivity contribution in [1.82, 2.24) is 28.9 Å². The number of pyridine rings is 3. The molecule has 0 spiro atoms. The lowest BCUT2D eigenvalue weighted by Gasteiger charge is -2.12. The van der Waals surface area contributed by atoms with Gasteiger partial charge in [-0.15, -0.1) is 0 Å². The molecule has 0 fully saturated rings. The minimum Gasteiger partial charge on any atom is -0.336 e. The third kappa shape index (κ3) is 4.50. The van der Waals surface area contributed by atoms with Gasteiger partial charge < -0.3 is 4.57 Å². The third-order valence-electron chi connectivity index (χ3n) is 8.87. The van der Waals surface area contributed by atoms with Crippen LogP contribution < -0.4 is 0 Å². The van der Waals surface area contributed by atoms with E-state index in [2.05, 4.69) is 106 Å². The zero-order chi connectivity index (χ0) is 31.3. The van der Waals surface area contributed by atoms with Crippen molar-refractivity contribution in [2.45, 2.75) is 0 Å². The van der Waals surface area contributed by atoms with Crippen LogP contribution in [0.1, 0.15) is 0 Å².